The number of nitrogens with zero attached hydrogens (tertiary/aromatic N) is 3. The predicted molar refractivity (Wildman–Crippen MR) is 131 cm³/mol. The summed E-state index contributed by atoms with van der Waals surface area (Å²) in [5, 5.41) is 12.2. The Morgan fingerprint density at radius 1 is 1.09 bits per heavy atom. The molecule has 0 saturated carbocycles. The van der Waals surface area contributed by atoms with Crippen LogP contribution in [0.4, 0.5) is 5.69 Å². The molecular formula is C23H27BrN4O3S. The van der Waals surface area contributed by atoms with Crippen molar-refractivity contribution in [3.05, 3.63) is 57.8 Å². The SMILES string of the molecule is CCOc1cc(C)ccc1OCc1nnc(SCC(=O)Nc2ccc(Br)cc2C)n1CC. The lowest BCUT2D eigenvalue weighted by molar-refractivity contribution is -0.113. The molecule has 3 rings (SSSR count). The van der Waals surface area contributed by atoms with Crippen molar-refractivity contribution < 1.29 is 14.3 Å². The van der Waals surface area contributed by atoms with Crippen LogP contribution >= 0.6 is 27.7 Å². The average Bonchev–Trinajstić information content (AvgIpc) is 3.16. The Balaban J connectivity index is 1.62. The molecule has 1 N–H and O–H groups in total. The Kier molecular flexibility index (Phi) is 8.58. The van der Waals surface area contributed by atoms with Gasteiger partial charge in [-0.15, -0.1) is 10.2 Å². The van der Waals surface area contributed by atoms with Crippen LogP contribution in [0.2, 0.25) is 0 Å². The molecule has 7 nitrogen and oxygen atoms in total. The topological polar surface area (TPSA) is 78.3 Å². The van der Waals surface area contributed by atoms with Gasteiger partial charge in [-0.1, -0.05) is 33.8 Å². The molecule has 0 bridgehead atoms. The Morgan fingerprint density at radius 2 is 1.91 bits per heavy atom. The molecule has 0 radical (unpaired) electrons. The van der Waals surface area contributed by atoms with Crippen LogP contribution in [0, 0.1) is 13.8 Å². The molecule has 1 heterocycles. The molecule has 0 spiro atoms. The van der Waals surface area contributed by atoms with Crippen molar-refractivity contribution in [2.24, 2.45) is 0 Å². The Hall–Kier alpha value is -2.52. The highest BCUT2D eigenvalue weighted by Crippen LogP contribution is 2.29. The molecule has 0 aliphatic heterocycles. The van der Waals surface area contributed by atoms with E-state index in [1.807, 2.05) is 68.7 Å². The van der Waals surface area contributed by atoms with Crippen LogP contribution in [0.3, 0.4) is 0 Å². The average molecular weight is 519 g/mol. The maximum absolute atomic E-state index is 12.4. The highest BCUT2D eigenvalue weighted by Gasteiger charge is 2.15. The molecule has 9 heteroatoms. The first kappa shape index (κ1) is 24.1. The van der Waals surface area contributed by atoms with Crippen molar-refractivity contribution >= 4 is 39.3 Å². The maximum Gasteiger partial charge on any atom is 0.234 e. The fourth-order valence-electron chi connectivity index (χ4n) is 3.08. The summed E-state index contributed by atoms with van der Waals surface area (Å²) in [4.78, 5) is 12.4. The summed E-state index contributed by atoms with van der Waals surface area (Å²) in [5.41, 5.74) is 2.90. The first-order valence-electron chi connectivity index (χ1n) is 10.4. The molecule has 0 atom stereocenters. The van der Waals surface area contributed by atoms with Crippen LogP contribution in [0.1, 0.15) is 30.8 Å². The minimum Gasteiger partial charge on any atom is -0.490 e. The van der Waals surface area contributed by atoms with Gasteiger partial charge in [-0.05, 0) is 69.2 Å². The second-order valence-electron chi connectivity index (χ2n) is 7.11. The summed E-state index contributed by atoms with van der Waals surface area (Å²) in [6.07, 6.45) is 0. The van der Waals surface area contributed by atoms with Crippen LogP contribution < -0.4 is 14.8 Å². The second-order valence-corrected chi connectivity index (χ2v) is 8.97. The van der Waals surface area contributed by atoms with E-state index in [2.05, 4.69) is 31.4 Å². The lowest BCUT2D eigenvalue weighted by atomic mass is 10.2. The molecule has 32 heavy (non-hydrogen) atoms. The summed E-state index contributed by atoms with van der Waals surface area (Å²) >= 11 is 4.78. The minimum absolute atomic E-state index is 0.0927. The maximum atomic E-state index is 12.4. The van der Waals surface area contributed by atoms with E-state index in [1.54, 1.807) is 0 Å². The van der Waals surface area contributed by atoms with E-state index in [9.17, 15) is 4.79 Å². The van der Waals surface area contributed by atoms with Crippen LogP contribution in [-0.2, 0) is 17.9 Å². The molecule has 0 saturated heterocycles. The van der Waals surface area contributed by atoms with Crippen LogP contribution in [-0.4, -0.2) is 33.0 Å². The zero-order valence-corrected chi connectivity index (χ0v) is 21.0. The lowest BCUT2D eigenvalue weighted by Crippen LogP contribution is -2.15. The number of hydrogen-bond acceptors (Lipinski definition) is 6. The number of thioether (sulfide) groups is 1. The molecule has 0 unspecified atom stereocenters. The highest BCUT2D eigenvalue weighted by atomic mass is 79.9. The summed E-state index contributed by atoms with van der Waals surface area (Å²) in [7, 11) is 0. The molecule has 0 aliphatic carbocycles. The third-order valence-electron chi connectivity index (χ3n) is 4.66. The smallest absolute Gasteiger partial charge is 0.234 e. The molecule has 2 aromatic carbocycles. The minimum atomic E-state index is -0.0927. The number of nitrogens with one attached hydrogen (secondary N) is 1. The van der Waals surface area contributed by atoms with Crippen molar-refractivity contribution in [1.29, 1.82) is 0 Å². The van der Waals surface area contributed by atoms with Gasteiger partial charge in [-0.2, -0.15) is 0 Å². The summed E-state index contributed by atoms with van der Waals surface area (Å²) in [5.74, 6) is 2.22. The number of carbonyl (C=O) groups excluding carboxylic acids is 1. The van der Waals surface area contributed by atoms with E-state index in [4.69, 9.17) is 9.47 Å². The fraction of sp³-hybridized carbons (Fsp3) is 0.348. The molecule has 0 aliphatic rings. The van der Waals surface area contributed by atoms with Gasteiger partial charge in [-0.3, -0.25) is 4.79 Å². The van der Waals surface area contributed by atoms with Crippen molar-refractivity contribution in [1.82, 2.24) is 14.8 Å². The number of rotatable bonds is 10. The zero-order valence-electron chi connectivity index (χ0n) is 18.6. The Labute approximate surface area is 201 Å². The van der Waals surface area contributed by atoms with E-state index < -0.39 is 0 Å². The Morgan fingerprint density at radius 3 is 2.62 bits per heavy atom. The van der Waals surface area contributed by atoms with Gasteiger partial charge in [0, 0.05) is 16.7 Å². The van der Waals surface area contributed by atoms with Gasteiger partial charge < -0.3 is 19.4 Å². The fourth-order valence-corrected chi connectivity index (χ4v) is 4.38. The van der Waals surface area contributed by atoms with Crippen molar-refractivity contribution in [2.75, 3.05) is 17.7 Å². The monoisotopic (exact) mass is 518 g/mol. The molecule has 1 aromatic heterocycles. The van der Waals surface area contributed by atoms with Crippen LogP contribution in [0.5, 0.6) is 11.5 Å². The highest BCUT2D eigenvalue weighted by molar-refractivity contribution is 9.10. The van der Waals surface area contributed by atoms with Gasteiger partial charge in [0.1, 0.15) is 6.61 Å². The molecular weight excluding hydrogens is 492 g/mol. The molecule has 170 valence electrons. The van der Waals surface area contributed by atoms with Crippen molar-refractivity contribution in [3.63, 3.8) is 0 Å². The number of hydrogen-bond donors (Lipinski definition) is 1. The van der Waals surface area contributed by atoms with Gasteiger partial charge in [0.2, 0.25) is 5.91 Å². The third kappa shape index (κ3) is 6.26. The number of halogens is 1. The van der Waals surface area contributed by atoms with Crippen LogP contribution in [0.15, 0.2) is 46.0 Å². The van der Waals surface area contributed by atoms with Crippen LogP contribution in [0.25, 0.3) is 0 Å². The lowest BCUT2D eigenvalue weighted by Gasteiger charge is -2.13. The van der Waals surface area contributed by atoms with Gasteiger partial charge in [0.05, 0.1) is 12.4 Å². The number of ether oxygens (including phenoxy) is 2. The van der Waals surface area contributed by atoms with Gasteiger partial charge in [0.15, 0.2) is 22.5 Å². The first-order valence-corrected chi connectivity index (χ1v) is 12.2. The van der Waals surface area contributed by atoms with E-state index in [1.165, 1.54) is 11.8 Å². The number of benzene rings is 2. The quantitative estimate of drug-likeness (QED) is 0.362. The van der Waals surface area contributed by atoms with Gasteiger partial charge in [-0.25, -0.2) is 0 Å². The predicted octanol–water partition coefficient (Wildman–Crippen LogP) is 5.39. The Bertz CT molecular complexity index is 1090. The number of aryl methyl sites for hydroxylation is 2. The van der Waals surface area contributed by atoms with E-state index in [0.717, 1.165) is 21.3 Å². The number of aromatic nitrogens is 3. The summed E-state index contributed by atoms with van der Waals surface area (Å²) < 4.78 is 14.6. The number of amides is 1. The van der Waals surface area contributed by atoms with Gasteiger partial charge in [0.25, 0.3) is 0 Å². The van der Waals surface area contributed by atoms with E-state index in [0.29, 0.717) is 35.6 Å². The van der Waals surface area contributed by atoms with Crippen molar-refractivity contribution in [2.45, 2.75) is 46.0 Å². The number of anilines is 1. The summed E-state index contributed by atoms with van der Waals surface area (Å²) in [6.45, 7) is 9.42. The van der Waals surface area contributed by atoms with Crippen molar-refractivity contribution in [3.8, 4) is 11.5 Å². The summed E-state index contributed by atoms with van der Waals surface area (Å²) in [6, 6.07) is 11.6. The van der Waals surface area contributed by atoms with Gasteiger partial charge >= 0.3 is 0 Å². The third-order valence-corrected chi connectivity index (χ3v) is 6.12. The first-order chi connectivity index (χ1) is 15.4. The largest absolute Gasteiger partial charge is 0.490 e. The zero-order chi connectivity index (χ0) is 23.1. The van der Waals surface area contributed by atoms with E-state index >= 15 is 0 Å². The second kappa shape index (κ2) is 11.4. The number of carbonyl (C=O) groups is 1. The standard InChI is InChI=1S/C23H27BrN4O3S/c1-5-28-21(13-31-19-10-7-15(3)11-20(19)30-6-2)26-27-23(28)32-14-22(29)25-18-9-8-17(24)12-16(18)4/h7-12H,5-6,13-14H2,1-4H3,(H,25,29). The normalized spacial score (nSPS) is 10.8. The molecule has 0 fully saturated rings. The van der Waals surface area contributed by atoms with E-state index in [-0.39, 0.29) is 18.3 Å². The molecule has 1 amide bonds. The molecule has 3 aromatic rings.